The SMILES string of the molecule is CC(SCc1ccccc1)C(=O)NNC(=O)N(c1ccccc1)c1ccccc1. The number of benzene rings is 3. The first-order chi connectivity index (χ1) is 14.1. The van der Waals surface area contributed by atoms with Crippen LogP contribution in [0.5, 0.6) is 0 Å². The third-order valence-electron chi connectivity index (χ3n) is 4.24. The van der Waals surface area contributed by atoms with Gasteiger partial charge in [0.25, 0.3) is 5.91 Å². The molecule has 5 nitrogen and oxygen atoms in total. The second-order valence-corrected chi connectivity index (χ2v) is 7.69. The van der Waals surface area contributed by atoms with Gasteiger partial charge in [0, 0.05) is 5.75 Å². The maximum Gasteiger partial charge on any atom is 0.345 e. The zero-order valence-electron chi connectivity index (χ0n) is 16.1. The Labute approximate surface area is 175 Å². The molecule has 6 heteroatoms. The zero-order chi connectivity index (χ0) is 20.5. The number of urea groups is 1. The molecule has 148 valence electrons. The van der Waals surface area contributed by atoms with Crippen LogP contribution in [0.1, 0.15) is 12.5 Å². The van der Waals surface area contributed by atoms with E-state index in [-0.39, 0.29) is 11.2 Å². The Morgan fingerprint density at radius 2 is 1.28 bits per heavy atom. The summed E-state index contributed by atoms with van der Waals surface area (Å²) in [5.74, 6) is 0.476. The fourth-order valence-electron chi connectivity index (χ4n) is 2.68. The third-order valence-corrected chi connectivity index (χ3v) is 5.45. The molecule has 3 amide bonds. The van der Waals surface area contributed by atoms with E-state index in [4.69, 9.17) is 0 Å². The van der Waals surface area contributed by atoms with Crippen LogP contribution < -0.4 is 15.8 Å². The summed E-state index contributed by atoms with van der Waals surface area (Å²) >= 11 is 1.51. The third kappa shape index (κ3) is 5.86. The Hall–Kier alpha value is -3.25. The van der Waals surface area contributed by atoms with Crippen molar-refractivity contribution in [3.8, 4) is 0 Å². The van der Waals surface area contributed by atoms with E-state index in [0.717, 1.165) is 11.3 Å². The second kappa shape index (κ2) is 10.3. The van der Waals surface area contributed by atoms with Crippen LogP contribution in [-0.2, 0) is 10.5 Å². The van der Waals surface area contributed by atoms with E-state index in [0.29, 0.717) is 11.4 Å². The van der Waals surface area contributed by atoms with Gasteiger partial charge in [0.05, 0.1) is 16.6 Å². The number of hydrazine groups is 1. The highest BCUT2D eigenvalue weighted by Gasteiger charge is 2.20. The summed E-state index contributed by atoms with van der Waals surface area (Å²) in [5, 5.41) is -0.308. The molecule has 29 heavy (non-hydrogen) atoms. The van der Waals surface area contributed by atoms with Gasteiger partial charge in [-0.15, -0.1) is 11.8 Å². The second-order valence-electron chi connectivity index (χ2n) is 6.36. The van der Waals surface area contributed by atoms with Crippen LogP contribution in [0, 0.1) is 0 Å². The van der Waals surface area contributed by atoms with Crippen molar-refractivity contribution in [1.29, 1.82) is 0 Å². The van der Waals surface area contributed by atoms with Gasteiger partial charge in [-0.2, -0.15) is 0 Å². The molecule has 0 aromatic heterocycles. The highest BCUT2D eigenvalue weighted by Crippen LogP contribution is 2.24. The molecule has 0 aliphatic carbocycles. The summed E-state index contributed by atoms with van der Waals surface area (Å²) in [6, 6.07) is 28.1. The van der Waals surface area contributed by atoms with Crippen LogP contribution in [0.2, 0.25) is 0 Å². The summed E-state index contributed by atoms with van der Waals surface area (Å²) in [6.45, 7) is 1.82. The van der Waals surface area contributed by atoms with E-state index >= 15 is 0 Å². The van der Waals surface area contributed by atoms with E-state index in [2.05, 4.69) is 10.9 Å². The smallest absolute Gasteiger partial charge is 0.272 e. The molecule has 0 fully saturated rings. The lowest BCUT2D eigenvalue weighted by Crippen LogP contribution is -2.49. The lowest BCUT2D eigenvalue weighted by molar-refractivity contribution is -0.120. The number of amides is 3. The van der Waals surface area contributed by atoms with Crippen molar-refractivity contribution in [2.75, 3.05) is 4.90 Å². The monoisotopic (exact) mass is 405 g/mol. The molecule has 0 radical (unpaired) electrons. The first-order valence-corrected chi connectivity index (χ1v) is 10.4. The van der Waals surface area contributed by atoms with Crippen molar-refractivity contribution in [1.82, 2.24) is 10.9 Å². The number of nitrogens with one attached hydrogen (secondary N) is 2. The van der Waals surface area contributed by atoms with Gasteiger partial charge in [-0.3, -0.25) is 15.1 Å². The van der Waals surface area contributed by atoms with E-state index in [9.17, 15) is 9.59 Å². The highest BCUT2D eigenvalue weighted by molar-refractivity contribution is 7.99. The molecule has 0 saturated heterocycles. The molecule has 0 spiro atoms. The van der Waals surface area contributed by atoms with Gasteiger partial charge in [0.15, 0.2) is 0 Å². The standard InChI is InChI=1S/C23H23N3O2S/c1-18(29-17-19-11-5-2-6-12-19)22(27)24-25-23(28)26(20-13-7-3-8-14-20)21-15-9-4-10-16-21/h2-16,18H,17H2,1H3,(H,24,27)(H,25,28). The van der Waals surface area contributed by atoms with Crippen molar-refractivity contribution in [2.24, 2.45) is 0 Å². The minimum atomic E-state index is -0.434. The molecular formula is C23H23N3O2S. The van der Waals surface area contributed by atoms with Gasteiger partial charge in [-0.1, -0.05) is 66.7 Å². The molecule has 0 aliphatic rings. The lowest BCUT2D eigenvalue weighted by atomic mass is 10.2. The van der Waals surface area contributed by atoms with E-state index < -0.39 is 6.03 Å². The van der Waals surface area contributed by atoms with Crippen LogP contribution in [0.25, 0.3) is 0 Å². The van der Waals surface area contributed by atoms with Crippen molar-refractivity contribution in [2.45, 2.75) is 17.9 Å². The molecule has 3 aromatic carbocycles. The van der Waals surface area contributed by atoms with Gasteiger partial charge >= 0.3 is 6.03 Å². The van der Waals surface area contributed by atoms with Gasteiger partial charge in [-0.05, 0) is 36.8 Å². The first kappa shape index (κ1) is 20.5. The fourth-order valence-corrected chi connectivity index (χ4v) is 3.53. The Morgan fingerprint density at radius 1 is 0.793 bits per heavy atom. The molecule has 0 aliphatic heterocycles. The highest BCUT2D eigenvalue weighted by atomic mass is 32.2. The van der Waals surface area contributed by atoms with Crippen LogP contribution in [0.15, 0.2) is 91.0 Å². The Balaban J connectivity index is 1.60. The summed E-state index contributed by atoms with van der Waals surface area (Å²) < 4.78 is 0. The molecule has 0 bridgehead atoms. The van der Waals surface area contributed by atoms with Crippen LogP contribution in [0.4, 0.5) is 16.2 Å². The molecule has 2 N–H and O–H groups in total. The van der Waals surface area contributed by atoms with Gasteiger partial charge in [-0.25, -0.2) is 10.2 Å². The number of hydrogen-bond donors (Lipinski definition) is 2. The van der Waals surface area contributed by atoms with E-state index in [1.165, 1.54) is 16.7 Å². The summed E-state index contributed by atoms with van der Waals surface area (Å²) in [4.78, 5) is 26.8. The van der Waals surface area contributed by atoms with Crippen LogP contribution >= 0.6 is 11.8 Å². The summed E-state index contributed by atoms with van der Waals surface area (Å²) in [6.07, 6.45) is 0. The van der Waals surface area contributed by atoms with E-state index in [1.807, 2.05) is 97.9 Å². The van der Waals surface area contributed by atoms with Gasteiger partial charge in [0.1, 0.15) is 0 Å². The average molecular weight is 406 g/mol. The summed E-state index contributed by atoms with van der Waals surface area (Å²) in [5.41, 5.74) is 7.63. The molecule has 1 atom stereocenters. The maximum atomic E-state index is 12.8. The van der Waals surface area contributed by atoms with Gasteiger partial charge in [0.2, 0.25) is 0 Å². The van der Waals surface area contributed by atoms with Crippen molar-refractivity contribution in [3.05, 3.63) is 96.6 Å². The normalized spacial score (nSPS) is 11.3. The first-order valence-electron chi connectivity index (χ1n) is 9.31. The van der Waals surface area contributed by atoms with Gasteiger partial charge < -0.3 is 0 Å². The minimum Gasteiger partial charge on any atom is -0.272 e. The fraction of sp³-hybridized carbons (Fsp3) is 0.130. The molecular weight excluding hydrogens is 382 g/mol. The number of hydrogen-bond acceptors (Lipinski definition) is 3. The summed E-state index contributed by atoms with van der Waals surface area (Å²) in [7, 11) is 0. The Morgan fingerprint density at radius 3 is 1.79 bits per heavy atom. The molecule has 0 heterocycles. The lowest BCUT2D eigenvalue weighted by Gasteiger charge is -2.24. The van der Waals surface area contributed by atoms with Crippen molar-refractivity contribution in [3.63, 3.8) is 0 Å². The van der Waals surface area contributed by atoms with Crippen LogP contribution in [-0.4, -0.2) is 17.2 Å². The number of carbonyl (C=O) groups is 2. The average Bonchev–Trinajstić information content (AvgIpc) is 2.78. The predicted octanol–water partition coefficient (Wildman–Crippen LogP) is 4.89. The van der Waals surface area contributed by atoms with Crippen molar-refractivity contribution < 1.29 is 9.59 Å². The zero-order valence-corrected chi connectivity index (χ0v) is 16.9. The molecule has 1 unspecified atom stereocenters. The van der Waals surface area contributed by atoms with Crippen molar-refractivity contribution >= 4 is 35.1 Å². The number of anilines is 2. The number of nitrogens with zero attached hydrogens (tertiary/aromatic N) is 1. The Bertz CT molecular complexity index is 881. The predicted molar refractivity (Wildman–Crippen MR) is 119 cm³/mol. The number of carbonyl (C=O) groups excluding carboxylic acids is 2. The number of para-hydroxylation sites is 2. The topological polar surface area (TPSA) is 61.4 Å². The molecule has 3 aromatic rings. The number of thioether (sulfide) groups is 1. The molecule has 3 rings (SSSR count). The maximum absolute atomic E-state index is 12.8. The quantitative estimate of drug-likeness (QED) is 0.574. The Kier molecular flexibility index (Phi) is 7.30. The molecule has 0 saturated carbocycles. The van der Waals surface area contributed by atoms with Crippen LogP contribution in [0.3, 0.4) is 0 Å². The number of rotatable bonds is 6. The minimum absolute atomic E-state index is 0.250. The van der Waals surface area contributed by atoms with E-state index in [1.54, 1.807) is 0 Å². The largest absolute Gasteiger partial charge is 0.345 e.